The second-order valence-electron chi connectivity index (χ2n) is 5.79. The third-order valence-electron chi connectivity index (χ3n) is 3.72. The van der Waals surface area contributed by atoms with Gasteiger partial charge in [-0.05, 0) is 26.3 Å². The van der Waals surface area contributed by atoms with Gasteiger partial charge in [0.1, 0.15) is 0 Å². The third kappa shape index (κ3) is 15.9. The summed E-state index contributed by atoms with van der Waals surface area (Å²) in [5, 5.41) is 0. The van der Waals surface area contributed by atoms with Crippen LogP contribution in [0.25, 0.3) is 0 Å². The van der Waals surface area contributed by atoms with Crippen LogP contribution in [0.5, 0.6) is 0 Å². The fraction of sp³-hybridized carbons (Fsp3) is 1.00. The first kappa shape index (κ1) is 18.9. The number of nitrogens with two attached hydrogens (primary N) is 1. The third-order valence-corrected chi connectivity index (χ3v) is 3.72. The van der Waals surface area contributed by atoms with Crippen LogP contribution in [-0.4, -0.2) is 19.3 Å². The van der Waals surface area contributed by atoms with Gasteiger partial charge in [-0.1, -0.05) is 71.1 Å². The van der Waals surface area contributed by atoms with E-state index in [-0.39, 0.29) is 0 Å². The second-order valence-corrected chi connectivity index (χ2v) is 5.79. The Labute approximate surface area is 121 Å². The molecule has 0 radical (unpaired) electrons. The summed E-state index contributed by atoms with van der Waals surface area (Å²) >= 11 is 0. The molecule has 0 spiro atoms. The van der Waals surface area contributed by atoms with E-state index < -0.39 is 0 Å². The highest BCUT2D eigenvalue weighted by molar-refractivity contribution is 4.53. The van der Waals surface area contributed by atoms with Gasteiger partial charge in [0.25, 0.3) is 0 Å². The summed E-state index contributed by atoms with van der Waals surface area (Å²) in [6, 6.07) is 0. The zero-order valence-corrected chi connectivity index (χ0v) is 13.5. The van der Waals surface area contributed by atoms with E-state index >= 15 is 0 Å². The molecule has 0 saturated heterocycles. The van der Waals surface area contributed by atoms with Crippen LogP contribution in [0.15, 0.2) is 0 Å². The zero-order chi connectivity index (χ0) is 14.2. The minimum absolute atomic E-state index is 0.417. The van der Waals surface area contributed by atoms with Crippen molar-refractivity contribution < 1.29 is 4.74 Å². The zero-order valence-electron chi connectivity index (χ0n) is 13.5. The quantitative estimate of drug-likeness (QED) is 0.423. The maximum absolute atomic E-state index is 5.68. The molecule has 1 unspecified atom stereocenters. The van der Waals surface area contributed by atoms with Gasteiger partial charge >= 0.3 is 0 Å². The van der Waals surface area contributed by atoms with Gasteiger partial charge in [-0.25, -0.2) is 0 Å². The maximum Gasteiger partial charge on any atom is 0.0547 e. The lowest BCUT2D eigenvalue weighted by molar-refractivity contribution is 0.0579. The van der Waals surface area contributed by atoms with E-state index in [0.717, 1.165) is 19.6 Å². The molecule has 19 heavy (non-hydrogen) atoms. The van der Waals surface area contributed by atoms with Crippen molar-refractivity contribution in [3.05, 3.63) is 0 Å². The highest BCUT2D eigenvalue weighted by Gasteiger charge is 2.01. The first-order valence-corrected chi connectivity index (χ1v) is 8.63. The molecule has 1 atom stereocenters. The minimum Gasteiger partial charge on any atom is -0.378 e. The number of rotatable bonds is 15. The highest BCUT2D eigenvalue weighted by Crippen LogP contribution is 2.12. The standard InChI is InChI=1S/C17H37NO/c1-3-4-5-6-7-8-9-10-11-12-14-17(2)19-16-13-15-18/h17H,3-16,18H2,1-2H3. The summed E-state index contributed by atoms with van der Waals surface area (Å²) in [4.78, 5) is 0. The molecule has 0 aromatic heterocycles. The van der Waals surface area contributed by atoms with E-state index in [2.05, 4.69) is 13.8 Å². The van der Waals surface area contributed by atoms with Crippen molar-refractivity contribution in [2.45, 2.75) is 97.0 Å². The van der Waals surface area contributed by atoms with E-state index in [1.165, 1.54) is 70.6 Å². The summed E-state index contributed by atoms with van der Waals surface area (Å²) in [5.74, 6) is 0. The van der Waals surface area contributed by atoms with E-state index in [4.69, 9.17) is 10.5 Å². The monoisotopic (exact) mass is 271 g/mol. The molecule has 0 amide bonds. The summed E-state index contributed by atoms with van der Waals surface area (Å²) in [7, 11) is 0. The van der Waals surface area contributed by atoms with Crippen molar-refractivity contribution in [2.24, 2.45) is 5.73 Å². The Bertz CT molecular complexity index is 161. The van der Waals surface area contributed by atoms with Crippen molar-refractivity contribution in [3.8, 4) is 0 Å². The van der Waals surface area contributed by atoms with Crippen LogP contribution in [0.3, 0.4) is 0 Å². The maximum atomic E-state index is 5.68. The first-order valence-electron chi connectivity index (χ1n) is 8.63. The van der Waals surface area contributed by atoms with E-state index in [1.807, 2.05) is 0 Å². The van der Waals surface area contributed by atoms with Crippen molar-refractivity contribution in [3.63, 3.8) is 0 Å². The fourth-order valence-electron chi connectivity index (χ4n) is 2.37. The predicted octanol–water partition coefficient (Wildman–Crippen LogP) is 5.05. The van der Waals surface area contributed by atoms with Gasteiger partial charge in [0.2, 0.25) is 0 Å². The Morgan fingerprint density at radius 3 is 1.84 bits per heavy atom. The average Bonchev–Trinajstić information content (AvgIpc) is 2.41. The van der Waals surface area contributed by atoms with Crippen molar-refractivity contribution in [1.29, 1.82) is 0 Å². The van der Waals surface area contributed by atoms with Crippen LogP contribution in [0, 0.1) is 0 Å². The van der Waals surface area contributed by atoms with Crippen molar-refractivity contribution in [1.82, 2.24) is 0 Å². The molecule has 0 aliphatic rings. The largest absolute Gasteiger partial charge is 0.378 e. The first-order chi connectivity index (χ1) is 9.31. The average molecular weight is 271 g/mol. The molecule has 116 valence electrons. The Balaban J connectivity index is 3.05. The van der Waals surface area contributed by atoms with Crippen LogP contribution >= 0.6 is 0 Å². The molecule has 0 aromatic rings. The SMILES string of the molecule is CCCCCCCCCCCCC(C)OCCCN. The normalized spacial score (nSPS) is 12.8. The molecule has 0 aliphatic carbocycles. The highest BCUT2D eigenvalue weighted by atomic mass is 16.5. The number of unbranched alkanes of at least 4 members (excludes halogenated alkanes) is 9. The molecule has 0 fully saturated rings. The van der Waals surface area contributed by atoms with Crippen LogP contribution in [-0.2, 0) is 4.74 Å². The topological polar surface area (TPSA) is 35.2 Å². The molecule has 0 bridgehead atoms. The molecule has 0 heterocycles. The molecule has 0 aliphatic heterocycles. The van der Waals surface area contributed by atoms with E-state index in [9.17, 15) is 0 Å². The molecule has 2 nitrogen and oxygen atoms in total. The van der Waals surface area contributed by atoms with Crippen molar-refractivity contribution in [2.75, 3.05) is 13.2 Å². The lowest BCUT2D eigenvalue weighted by Gasteiger charge is -2.12. The van der Waals surface area contributed by atoms with E-state index in [1.54, 1.807) is 0 Å². The van der Waals surface area contributed by atoms with Gasteiger partial charge in [0.15, 0.2) is 0 Å². The van der Waals surface area contributed by atoms with Gasteiger partial charge in [-0.2, -0.15) is 0 Å². The van der Waals surface area contributed by atoms with Crippen LogP contribution in [0.4, 0.5) is 0 Å². The summed E-state index contributed by atoms with van der Waals surface area (Å²) in [5.41, 5.74) is 5.44. The van der Waals surface area contributed by atoms with Gasteiger partial charge in [-0.3, -0.25) is 0 Å². The summed E-state index contributed by atoms with van der Waals surface area (Å²) in [6.45, 7) is 6.03. The molecule has 0 rings (SSSR count). The van der Waals surface area contributed by atoms with Gasteiger partial charge in [0.05, 0.1) is 6.10 Å². The lowest BCUT2D eigenvalue weighted by atomic mass is 10.0. The molecule has 2 N–H and O–H groups in total. The fourth-order valence-corrected chi connectivity index (χ4v) is 2.37. The van der Waals surface area contributed by atoms with Gasteiger partial charge < -0.3 is 10.5 Å². The van der Waals surface area contributed by atoms with Crippen LogP contribution < -0.4 is 5.73 Å². The second kappa shape index (κ2) is 16.0. The van der Waals surface area contributed by atoms with Crippen LogP contribution in [0.1, 0.15) is 90.9 Å². The molecule has 0 aromatic carbocycles. The summed E-state index contributed by atoms with van der Waals surface area (Å²) in [6.07, 6.45) is 16.7. The Kier molecular flexibility index (Phi) is 15.9. The Hall–Kier alpha value is -0.0800. The molecular weight excluding hydrogens is 234 g/mol. The Morgan fingerprint density at radius 2 is 1.32 bits per heavy atom. The smallest absolute Gasteiger partial charge is 0.0547 e. The van der Waals surface area contributed by atoms with E-state index in [0.29, 0.717) is 6.10 Å². The molecular formula is C17H37NO. The summed E-state index contributed by atoms with van der Waals surface area (Å²) < 4.78 is 5.68. The van der Waals surface area contributed by atoms with Gasteiger partial charge in [-0.15, -0.1) is 0 Å². The number of ether oxygens (including phenoxy) is 1. The lowest BCUT2D eigenvalue weighted by Crippen LogP contribution is -2.12. The van der Waals surface area contributed by atoms with Crippen LogP contribution in [0.2, 0.25) is 0 Å². The predicted molar refractivity (Wildman–Crippen MR) is 85.5 cm³/mol. The number of hydrogen-bond acceptors (Lipinski definition) is 2. The minimum atomic E-state index is 0.417. The molecule has 2 heteroatoms. The number of hydrogen-bond donors (Lipinski definition) is 1. The molecule has 0 saturated carbocycles. The Morgan fingerprint density at radius 1 is 0.789 bits per heavy atom. The van der Waals surface area contributed by atoms with Crippen molar-refractivity contribution >= 4 is 0 Å². The van der Waals surface area contributed by atoms with Gasteiger partial charge in [0, 0.05) is 6.61 Å².